The molecule has 2 aromatic rings. The van der Waals surface area contributed by atoms with Crippen molar-refractivity contribution >= 4 is 5.97 Å². The molecule has 0 saturated heterocycles. The minimum atomic E-state index is -0.469. The highest BCUT2D eigenvalue weighted by Crippen LogP contribution is 2.19. The fourth-order valence-electron chi connectivity index (χ4n) is 1.62. The zero-order valence-electron chi connectivity index (χ0n) is 11.6. The number of rotatable bonds is 4. The molecule has 0 aliphatic heterocycles. The summed E-state index contributed by atoms with van der Waals surface area (Å²) in [5.41, 5.74) is 0.907. The Bertz CT molecular complexity index is 616. The molecule has 8 nitrogen and oxygen atoms in total. The number of esters is 1. The van der Waals surface area contributed by atoms with Gasteiger partial charge in [0.2, 0.25) is 11.8 Å². The third-order valence-corrected chi connectivity index (χ3v) is 2.69. The second-order valence-electron chi connectivity index (χ2n) is 3.80. The topological polar surface area (TPSA) is 88.4 Å². The van der Waals surface area contributed by atoms with E-state index < -0.39 is 5.97 Å². The SMILES string of the molecule is COC(=O)c1cnn(-c2nc(OC)cc(OC)n2)c1C. The number of methoxy groups -OCH3 is 3. The van der Waals surface area contributed by atoms with E-state index in [0.717, 1.165) is 0 Å². The van der Waals surface area contributed by atoms with Crippen LogP contribution in [-0.2, 0) is 4.74 Å². The van der Waals surface area contributed by atoms with E-state index in [1.54, 1.807) is 13.0 Å². The van der Waals surface area contributed by atoms with Gasteiger partial charge in [-0.2, -0.15) is 15.1 Å². The number of aromatic nitrogens is 4. The number of nitrogens with zero attached hydrogens (tertiary/aromatic N) is 4. The molecule has 8 heteroatoms. The summed E-state index contributed by atoms with van der Waals surface area (Å²) < 4.78 is 16.2. The largest absolute Gasteiger partial charge is 0.481 e. The number of ether oxygens (including phenoxy) is 3. The van der Waals surface area contributed by atoms with E-state index in [0.29, 0.717) is 23.0 Å². The maximum absolute atomic E-state index is 11.6. The van der Waals surface area contributed by atoms with E-state index in [4.69, 9.17) is 9.47 Å². The van der Waals surface area contributed by atoms with E-state index >= 15 is 0 Å². The highest BCUT2D eigenvalue weighted by atomic mass is 16.5. The van der Waals surface area contributed by atoms with E-state index in [1.165, 1.54) is 32.2 Å². The van der Waals surface area contributed by atoms with Gasteiger partial charge in [0.25, 0.3) is 5.95 Å². The van der Waals surface area contributed by atoms with Crippen molar-refractivity contribution in [3.05, 3.63) is 23.5 Å². The number of carbonyl (C=O) groups excluding carboxylic acids is 1. The van der Waals surface area contributed by atoms with Crippen LogP contribution >= 0.6 is 0 Å². The van der Waals surface area contributed by atoms with Crippen LogP contribution in [0.5, 0.6) is 11.8 Å². The lowest BCUT2D eigenvalue weighted by Gasteiger charge is -2.07. The van der Waals surface area contributed by atoms with Crippen molar-refractivity contribution in [1.29, 1.82) is 0 Å². The van der Waals surface area contributed by atoms with Crippen LogP contribution in [0.15, 0.2) is 12.3 Å². The molecule has 2 rings (SSSR count). The number of hydrogen-bond acceptors (Lipinski definition) is 7. The Morgan fingerprint density at radius 2 is 1.75 bits per heavy atom. The summed E-state index contributed by atoms with van der Waals surface area (Å²) in [6, 6.07) is 1.55. The predicted molar refractivity (Wildman–Crippen MR) is 68.3 cm³/mol. The second-order valence-corrected chi connectivity index (χ2v) is 3.80. The molecule has 0 atom stereocenters. The fourth-order valence-corrected chi connectivity index (χ4v) is 1.62. The lowest BCUT2D eigenvalue weighted by atomic mass is 10.3. The lowest BCUT2D eigenvalue weighted by molar-refractivity contribution is 0.0600. The van der Waals surface area contributed by atoms with Gasteiger partial charge in [-0.3, -0.25) is 0 Å². The molecule has 20 heavy (non-hydrogen) atoms. The van der Waals surface area contributed by atoms with Crippen LogP contribution in [0.1, 0.15) is 16.1 Å². The average molecular weight is 278 g/mol. The molecule has 0 N–H and O–H groups in total. The van der Waals surface area contributed by atoms with Crippen molar-refractivity contribution in [3.8, 4) is 17.7 Å². The monoisotopic (exact) mass is 278 g/mol. The molecule has 0 aromatic carbocycles. The molecule has 0 amide bonds. The molecular formula is C12H14N4O4. The molecule has 0 spiro atoms. The highest BCUT2D eigenvalue weighted by Gasteiger charge is 2.18. The first-order chi connectivity index (χ1) is 9.60. The second kappa shape index (κ2) is 5.55. The molecule has 0 unspecified atom stereocenters. The van der Waals surface area contributed by atoms with Crippen LogP contribution in [0.25, 0.3) is 5.95 Å². The average Bonchev–Trinajstić information content (AvgIpc) is 2.87. The van der Waals surface area contributed by atoms with E-state index in [9.17, 15) is 4.79 Å². The van der Waals surface area contributed by atoms with Crippen molar-refractivity contribution in [2.24, 2.45) is 0 Å². The van der Waals surface area contributed by atoms with Gasteiger partial charge >= 0.3 is 5.97 Å². The van der Waals surface area contributed by atoms with Crippen LogP contribution in [0.4, 0.5) is 0 Å². The Kier molecular flexibility index (Phi) is 3.83. The number of hydrogen-bond donors (Lipinski definition) is 0. The summed E-state index contributed by atoms with van der Waals surface area (Å²) in [6.07, 6.45) is 1.40. The van der Waals surface area contributed by atoms with Crippen LogP contribution in [0, 0.1) is 6.92 Å². The third-order valence-electron chi connectivity index (χ3n) is 2.69. The van der Waals surface area contributed by atoms with Crippen LogP contribution in [0.3, 0.4) is 0 Å². The molecule has 2 heterocycles. The first-order valence-electron chi connectivity index (χ1n) is 5.71. The maximum atomic E-state index is 11.6. The predicted octanol–water partition coefficient (Wildman–Crippen LogP) is 0.775. The van der Waals surface area contributed by atoms with Crippen molar-refractivity contribution in [2.45, 2.75) is 6.92 Å². The Morgan fingerprint density at radius 3 is 2.25 bits per heavy atom. The molecule has 0 aliphatic carbocycles. The van der Waals surface area contributed by atoms with Crippen LogP contribution < -0.4 is 9.47 Å². The Balaban J connectivity index is 2.51. The van der Waals surface area contributed by atoms with Crippen molar-refractivity contribution in [3.63, 3.8) is 0 Å². The van der Waals surface area contributed by atoms with Gasteiger partial charge < -0.3 is 14.2 Å². The zero-order chi connectivity index (χ0) is 14.7. The van der Waals surface area contributed by atoms with Crippen molar-refractivity contribution in [2.75, 3.05) is 21.3 Å². The van der Waals surface area contributed by atoms with Gasteiger partial charge in [0.05, 0.1) is 39.3 Å². The summed E-state index contributed by atoms with van der Waals surface area (Å²) in [4.78, 5) is 19.9. The zero-order valence-corrected chi connectivity index (χ0v) is 11.6. The van der Waals surface area contributed by atoms with Crippen molar-refractivity contribution in [1.82, 2.24) is 19.7 Å². The Morgan fingerprint density at radius 1 is 1.15 bits per heavy atom. The summed E-state index contributed by atoms with van der Waals surface area (Å²) in [5.74, 6) is 0.445. The van der Waals surface area contributed by atoms with E-state index in [1.807, 2.05) is 0 Å². The minimum Gasteiger partial charge on any atom is -0.481 e. The normalized spacial score (nSPS) is 10.2. The lowest BCUT2D eigenvalue weighted by Crippen LogP contribution is -2.08. The van der Waals surface area contributed by atoms with E-state index in [2.05, 4.69) is 19.8 Å². The molecule has 106 valence electrons. The summed E-state index contributed by atoms with van der Waals surface area (Å²) in [6.45, 7) is 1.72. The third kappa shape index (κ3) is 2.40. The molecule has 0 saturated carbocycles. The van der Waals surface area contributed by atoms with Gasteiger partial charge in [-0.15, -0.1) is 0 Å². The maximum Gasteiger partial charge on any atom is 0.341 e. The van der Waals surface area contributed by atoms with Gasteiger partial charge in [0.1, 0.15) is 5.56 Å². The smallest absolute Gasteiger partial charge is 0.341 e. The summed E-state index contributed by atoms with van der Waals surface area (Å²) >= 11 is 0. The number of carbonyl (C=O) groups is 1. The highest BCUT2D eigenvalue weighted by molar-refractivity contribution is 5.90. The Labute approximate surface area is 115 Å². The molecule has 0 radical (unpaired) electrons. The molecular weight excluding hydrogens is 264 g/mol. The quantitative estimate of drug-likeness (QED) is 0.763. The van der Waals surface area contributed by atoms with Gasteiger partial charge in [-0.1, -0.05) is 0 Å². The van der Waals surface area contributed by atoms with Gasteiger partial charge in [0, 0.05) is 0 Å². The summed E-state index contributed by atoms with van der Waals surface area (Å²) in [7, 11) is 4.28. The first kappa shape index (κ1) is 13.8. The van der Waals surface area contributed by atoms with Gasteiger partial charge in [-0.25, -0.2) is 9.48 Å². The van der Waals surface area contributed by atoms with Gasteiger partial charge in [-0.05, 0) is 6.92 Å². The first-order valence-corrected chi connectivity index (χ1v) is 5.71. The van der Waals surface area contributed by atoms with Gasteiger partial charge in [0.15, 0.2) is 0 Å². The van der Waals surface area contributed by atoms with E-state index in [-0.39, 0.29) is 5.95 Å². The fraction of sp³-hybridized carbons (Fsp3) is 0.333. The summed E-state index contributed by atoms with van der Waals surface area (Å²) in [5, 5.41) is 4.09. The Hall–Kier alpha value is -2.64. The van der Waals surface area contributed by atoms with Crippen LogP contribution in [0.2, 0.25) is 0 Å². The molecule has 0 fully saturated rings. The minimum absolute atomic E-state index is 0.244. The molecule has 2 aromatic heterocycles. The molecule has 0 bridgehead atoms. The van der Waals surface area contributed by atoms with Crippen LogP contribution in [-0.4, -0.2) is 47.0 Å². The standard InChI is InChI=1S/C12H14N4O4/c1-7-8(11(17)20-4)6-13-16(7)12-14-9(18-2)5-10(15-12)19-3/h5-6H,1-4H3. The van der Waals surface area contributed by atoms with Crippen molar-refractivity contribution < 1.29 is 19.0 Å². The molecule has 0 aliphatic rings.